The fraction of sp³-hybridized carbons (Fsp3) is 0.789. The van der Waals surface area contributed by atoms with Gasteiger partial charge in [-0.25, -0.2) is 4.79 Å². The fourth-order valence-corrected chi connectivity index (χ4v) is 5.84. The highest BCUT2D eigenvalue weighted by Gasteiger charge is 2.63. The minimum atomic E-state index is -0.498. The van der Waals surface area contributed by atoms with E-state index in [9.17, 15) is 9.59 Å². The quantitative estimate of drug-likeness (QED) is 0.584. The molecule has 132 valence electrons. The van der Waals surface area contributed by atoms with Crippen LogP contribution < -0.4 is 0 Å². The molecule has 0 N–H and O–H groups in total. The van der Waals surface area contributed by atoms with Crippen LogP contribution in [0.1, 0.15) is 57.8 Å². The van der Waals surface area contributed by atoms with Crippen molar-refractivity contribution in [1.29, 1.82) is 0 Å². The van der Waals surface area contributed by atoms with Crippen LogP contribution in [-0.4, -0.2) is 30.4 Å². The number of carbonyl (C=O) groups is 2. The molecule has 4 saturated carbocycles. The molecule has 24 heavy (non-hydrogen) atoms. The van der Waals surface area contributed by atoms with Gasteiger partial charge in [-0.15, -0.1) is 0 Å². The van der Waals surface area contributed by atoms with Crippen LogP contribution >= 0.6 is 0 Å². The van der Waals surface area contributed by atoms with Crippen molar-refractivity contribution >= 4 is 11.9 Å². The maximum Gasteiger partial charge on any atom is 0.330 e. The Balaban J connectivity index is 1.52. The normalized spacial score (nSPS) is 43.2. The van der Waals surface area contributed by atoms with E-state index < -0.39 is 17.3 Å². The zero-order valence-electron chi connectivity index (χ0n) is 14.1. The van der Waals surface area contributed by atoms with Crippen LogP contribution in [0.15, 0.2) is 12.7 Å². The highest BCUT2D eigenvalue weighted by molar-refractivity contribution is 5.82. The molecule has 0 aromatic rings. The second kappa shape index (κ2) is 5.87. The van der Waals surface area contributed by atoms with Crippen molar-refractivity contribution in [2.45, 2.75) is 69.7 Å². The third kappa shape index (κ3) is 2.77. The molecule has 1 saturated heterocycles. The second-order valence-corrected chi connectivity index (χ2v) is 8.25. The van der Waals surface area contributed by atoms with E-state index in [-0.39, 0.29) is 11.9 Å². The average molecular weight is 334 g/mol. The van der Waals surface area contributed by atoms with Crippen LogP contribution in [0.2, 0.25) is 0 Å². The minimum absolute atomic E-state index is 0.137. The minimum Gasteiger partial charge on any atom is -0.456 e. The van der Waals surface area contributed by atoms with Crippen molar-refractivity contribution in [3.63, 3.8) is 0 Å². The lowest BCUT2D eigenvalue weighted by Gasteiger charge is -2.59. The van der Waals surface area contributed by atoms with Gasteiger partial charge in [0, 0.05) is 18.9 Å². The lowest BCUT2D eigenvalue weighted by atomic mass is 9.48. The van der Waals surface area contributed by atoms with Crippen molar-refractivity contribution < 1.29 is 23.8 Å². The van der Waals surface area contributed by atoms with Gasteiger partial charge in [-0.1, -0.05) is 6.58 Å². The van der Waals surface area contributed by atoms with Gasteiger partial charge >= 0.3 is 11.9 Å². The van der Waals surface area contributed by atoms with Crippen LogP contribution in [0.5, 0.6) is 0 Å². The lowest BCUT2D eigenvalue weighted by molar-refractivity contribution is -0.227. The van der Waals surface area contributed by atoms with Gasteiger partial charge in [0.05, 0.1) is 12.0 Å². The Morgan fingerprint density at radius 3 is 2.50 bits per heavy atom. The Morgan fingerprint density at radius 1 is 1.12 bits per heavy atom. The predicted molar refractivity (Wildman–Crippen MR) is 85.8 cm³/mol. The summed E-state index contributed by atoms with van der Waals surface area (Å²) in [4.78, 5) is 24.8. The molecule has 5 fully saturated rings. The molecule has 5 rings (SSSR count). The van der Waals surface area contributed by atoms with Crippen molar-refractivity contribution in [1.82, 2.24) is 0 Å². The SMILES string of the molecule is C=CC(=O)OC12CC3CC(C1)CC(C(=O)OC1CCCCO1)(C3)C2. The fourth-order valence-electron chi connectivity index (χ4n) is 5.84. The molecular formula is C19H26O5. The Kier molecular flexibility index (Phi) is 3.94. The summed E-state index contributed by atoms with van der Waals surface area (Å²) in [5, 5.41) is 0. The van der Waals surface area contributed by atoms with Gasteiger partial charge in [0.25, 0.3) is 0 Å². The summed E-state index contributed by atoms with van der Waals surface area (Å²) >= 11 is 0. The molecule has 0 aromatic carbocycles. The molecule has 0 aromatic heterocycles. The Bertz CT molecular complexity index is 534. The molecule has 3 unspecified atom stereocenters. The summed E-state index contributed by atoms with van der Waals surface area (Å²) in [5.74, 6) is 0.381. The number of carbonyl (C=O) groups excluding carboxylic acids is 2. The predicted octanol–water partition coefficient (Wildman–Crippen LogP) is 3.12. The molecule has 5 nitrogen and oxygen atoms in total. The van der Waals surface area contributed by atoms with Gasteiger partial charge in [0.15, 0.2) is 0 Å². The molecule has 0 spiro atoms. The monoisotopic (exact) mass is 334 g/mol. The van der Waals surface area contributed by atoms with Crippen molar-refractivity contribution in [3.05, 3.63) is 12.7 Å². The first kappa shape index (κ1) is 16.1. The Morgan fingerprint density at radius 2 is 1.88 bits per heavy atom. The van der Waals surface area contributed by atoms with E-state index in [2.05, 4.69) is 6.58 Å². The van der Waals surface area contributed by atoms with Crippen LogP contribution in [0, 0.1) is 17.3 Å². The maximum atomic E-state index is 13.0. The first-order valence-corrected chi connectivity index (χ1v) is 9.21. The Hall–Kier alpha value is -1.36. The van der Waals surface area contributed by atoms with Gasteiger partial charge in [0.1, 0.15) is 5.60 Å². The summed E-state index contributed by atoms with van der Waals surface area (Å²) in [6, 6.07) is 0. The molecule has 4 bridgehead atoms. The average Bonchev–Trinajstić information content (AvgIpc) is 2.54. The molecular weight excluding hydrogens is 308 g/mol. The van der Waals surface area contributed by atoms with Gasteiger partial charge in [-0.3, -0.25) is 4.79 Å². The van der Waals surface area contributed by atoms with Crippen LogP contribution in [0.25, 0.3) is 0 Å². The summed E-state index contributed by atoms with van der Waals surface area (Å²) in [7, 11) is 0. The standard InChI is InChI=1S/C19H26O5/c1-2-15(20)24-19-10-13-7-14(11-19)9-18(8-13,12-19)17(21)23-16-5-3-4-6-22-16/h2,13-14,16H,1,3-12H2. The number of rotatable bonds is 4. The van der Waals surface area contributed by atoms with Crippen molar-refractivity contribution in [2.75, 3.05) is 6.61 Å². The van der Waals surface area contributed by atoms with E-state index in [4.69, 9.17) is 14.2 Å². The topological polar surface area (TPSA) is 61.8 Å². The number of esters is 2. The zero-order chi connectivity index (χ0) is 16.8. The first-order chi connectivity index (χ1) is 11.5. The van der Waals surface area contributed by atoms with E-state index in [0.717, 1.165) is 51.4 Å². The third-order valence-electron chi connectivity index (χ3n) is 6.30. The number of hydrogen-bond donors (Lipinski definition) is 0. The maximum absolute atomic E-state index is 13.0. The lowest BCUT2D eigenvalue weighted by Crippen LogP contribution is -2.60. The summed E-state index contributed by atoms with van der Waals surface area (Å²) in [6.07, 6.45) is 8.89. The smallest absolute Gasteiger partial charge is 0.330 e. The highest BCUT2D eigenvalue weighted by atomic mass is 16.7. The number of ether oxygens (including phenoxy) is 3. The summed E-state index contributed by atoms with van der Waals surface area (Å²) in [5.41, 5.74) is -0.992. The van der Waals surface area contributed by atoms with E-state index in [1.807, 2.05) is 0 Å². The Labute approximate surface area is 142 Å². The molecule has 1 aliphatic heterocycles. The van der Waals surface area contributed by atoms with Gasteiger partial charge < -0.3 is 14.2 Å². The second-order valence-electron chi connectivity index (χ2n) is 8.25. The van der Waals surface area contributed by atoms with Crippen molar-refractivity contribution in [2.24, 2.45) is 17.3 Å². The third-order valence-corrected chi connectivity index (χ3v) is 6.30. The molecule has 5 aliphatic rings. The van der Waals surface area contributed by atoms with E-state index >= 15 is 0 Å². The highest BCUT2D eigenvalue weighted by Crippen LogP contribution is 2.63. The summed E-state index contributed by atoms with van der Waals surface area (Å²) < 4.78 is 17.1. The molecule has 0 amide bonds. The molecule has 1 heterocycles. The van der Waals surface area contributed by atoms with Gasteiger partial charge in [-0.05, 0) is 56.8 Å². The van der Waals surface area contributed by atoms with Crippen LogP contribution in [0.4, 0.5) is 0 Å². The molecule has 4 aliphatic carbocycles. The van der Waals surface area contributed by atoms with Crippen LogP contribution in [0.3, 0.4) is 0 Å². The largest absolute Gasteiger partial charge is 0.456 e. The van der Waals surface area contributed by atoms with Gasteiger partial charge in [-0.2, -0.15) is 0 Å². The summed E-state index contributed by atoms with van der Waals surface area (Å²) in [6.45, 7) is 4.17. The van der Waals surface area contributed by atoms with E-state index in [1.165, 1.54) is 6.08 Å². The number of hydrogen-bond acceptors (Lipinski definition) is 5. The zero-order valence-corrected chi connectivity index (χ0v) is 14.1. The molecule has 3 atom stereocenters. The van der Waals surface area contributed by atoms with Crippen LogP contribution in [-0.2, 0) is 23.8 Å². The first-order valence-electron chi connectivity index (χ1n) is 9.21. The van der Waals surface area contributed by atoms with E-state index in [1.54, 1.807) is 0 Å². The molecule has 0 radical (unpaired) electrons. The van der Waals surface area contributed by atoms with E-state index in [0.29, 0.717) is 24.9 Å². The molecule has 5 heteroatoms. The van der Waals surface area contributed by atoms with Gasteiger partial charge in [0.2, 0.25) is 6.29 Å². The van der Waals surface area contributed by atoms with Crippen molar-refractivity contribution in [3.8, 4) is 0 Å².